The second-order valence-corrected chi connectivity index (χ2v) is 6.92. The summed E-state index contributed by atoms with van der Waals surface area (Å²) < 4.78 is 39.5. The minimum absolute atomic E-state index is 0.198. The zero-order valence-corrected chi connectivity index (χ0v) is 12.6. The normalized spacial score (nSPS) is 28.9. The molecule has 110 valence electrons. The van der Waals surface area contributed by atoms with Crippen molar-refractivity contribution in [2.45, 2.75) is 31.9 Å². The summed E-state index contributed by atoms with van der Waals surface area (Å²) in [5.41, 5.74) is -0.390. The number of anilines is 1. The third-order valence-electron chi connectivity index (χ3n) is 4.73. The van der Waals surface area contributed by atoms with Crippen LogP contribution in [-0.2, 0) is 6.18 Å². The Morgan fingerprint density at radius 3 is 2.60 bits per heavy atom. The van der Waals surface area contributed by atoms with Crippen LogP contribution in [0.4, 0.5) is 18.9 Å². The Morgan fingerprint density at radius 2 is 2.00 bits per heavy atom. The number of hydrogen-bond acceptors (Lipinski definition) is 1. The first-order valence-electron chi connectivity index (χ1n) is 7.04. The van der Waals surface area contributed by atoms with Gasteiger partial charge in [-0.3, -0.25) is 0 Å². The number of benzene rings is 1. The fourth-order valence-electron chi connectivity index (χ4n) is 3.77. The molecule has 20 heavy (non-hydrogen) atoms. The molecule has 0 saturated heterocycles. The van der Waals surface area contributed by atoms with E-state index in [1.807, 2.05) is 0 Å². The van der Waals surface area contributed by atoms with E-state index in [9.17, 15) is 13.2 Å². The Balaban J connectivity index is 1.71. The van der Waals surface area contributed by atoms with Crippen molar-refractivity contribution in [2.75, 3.05) is 11.9 Å². The zero-order chi connectivity index (χ0) is 14.3. The van der Waals surface area contributed by atoms with Gasteiger partial charge in [0, 0.05) is 16.7 Å². The molecule has 2 fully saturated rings. The lowest BCUT2D eigenvalue weighted by Crippen LogP contribution is -2.21. The number of fused-ring (bicyclic) bond motifs is 2. The lowest BCUT2D eigenvalue weighted by atomic mass is 9.89. The second kappa shape index (κ2) is 5.24. The summed E-state index contributed by atoms with van der Waals surface area (Å²) in [6.07, 6.45) is 0.700. The molecule has 1 aromatic carbocycles. The van der Waals surface area contributed by atoms with Crippen molar-refractivity contribution in [2.24, 2.45) is 17.8 Å². The molecular formula is C15H17BrF3N. The topological polar surface area (TPSA) is 12.0 Å². The first kappa shape index (κ1) is 14.2. The van der Waals surface area contributed by atoms with Crippen LogP contribution in [0, 0.1) is 17.8 Å². The van der Waals surface area contributed by atoms with Gasteiger partial charge in [-0.25, -0.2) is 0 Å². The van der Waals surface area contributed by atoms with Crippen LogP contribution < -0.4 is 5.32 Å². The smallest absolute Gasteiger partial charge is 0.384 e. The van der Waals surface area contributed by atoms with Gasteiger partial charge in [-0.15, -0.1) is 0 Å². The van der Waals surface area contributed by atoms with Crippen molar-refractivity contribution in [1.29, 1.82) is 0 Å². The van der Waals surface area contributed by atoms with Crippen LogP contribution in [0.1, 0.15) is 31.2 Å². The van der Waals surface area contributed by atoms with Crippen LogP contribution in [0.5, 0.6) is 0 Å². The summed E-state index contributed by atoms with van der Waals surface area (Å²) in [7, 11) is 0. The van der Waals surface area contributed by atoms with E-state index in [1.54, 1.807) is 6.07 Å². The van der Waals surface area contributed by atoms with Gasteiger partial charge in [0.1, 0.15) is 0 Å². The van der Waals surface area contributed by atoms with Gasteiger partial charge in [0.05, 0.1) is 5.56 Å². The van der Waals surface area contributed by atoms with Crippen molar-refractivity contribution in [3.8, 4) is 0 Å². The quantitative estimate of drug-likeness (QED) is 0.780. The van der Waals surface area contributed by atoms with E-state index in [-0.39, 0.29) is 5.69 Å². The Kier molecular flexibility index (Phi) is 3.73. The minimum atomic E-state index is -4.32. The molecule has 3 unspecified atom stereocenters. The van der Waals surface area contributed by atoms with Crippen molar-refractivity contribution < 1.29 is 13.2 Å². The monoisotopic (exact) mass is 347 g/mol. The van der Waals surface area contributed by atoms with E-state index >= 15 is 0 Å². The lowest BCUT2D eigenvalue weighted by molar-refractivity contribution is -0.137. The zero-order valence-electron chi connectivity index (χ0n) is 11.0. The highest BCUT2D eigenvalue weighted by Gasteiger charge is 2.39. The Bertz CT molecular complexity index is 500. The first-order valence-corrected chi connectivity index (χ1v) is 7.83. The molecule has 0 aromatic heterocycles. The van der Waals surface area contributed by atoms with Crippen molar-refractivity contribution in [3.63, 3.8) is 0 Å². The van der Waals surface area contributed by atoms with Crippen LogP contribution in [0.25, 0.3) is 0 Å². The summed E-state index contributed by atoms with van der Waals surface area (Å²) in [4.78, 5) is 0. The summed E-state index contributed by atoms with van der Waals surface area (Å²) >= 11 is 3.10. The molecule has 2 aliphatic carbocycles. The molecule has 0 spiro atoms. The van der Waals surface area contributed by atoms with E-state index in [2.05, 4.69) is 21.2 Å². The third-order valence-corrected chi connectivity index (χ3v) is 5.22. The van der Waals surface area contributed by atoms with Crippen LogP contribution in [-0.4, -0.2) is 6.54 Å². The van der Waals surface area contributed by atoms with Crippen molar-refractivity contribution in [1.82, 2.24) is 0 Å². The fraction of sp³-hybridized carbons (Fsp3) is 0.600. The molecule has 2 bridgehead atoms. The van der Waals surface area contributed by atoms with E-state index in [4.69, 9.17) is 0 Å². The van der Waals surface area contributed by atoms with Crippen LogP contribution >= 0.6 is 15.9 Å². The van der Waals surface area contributed by atoms with E-state index in [0.717, 1.165) is 17.9 Å². The summed E-state index contributed by atoms with van der Waals surface area (Å²) in [5, 5.41) is 3.03. The maximum atomic E-state index is 13.0. The van der Waals surface area contributed by atoms with E-state index in [1.165, 1.54) is 31.7 Å². The molecule has 2 saturated carbocycles. The maximum Gasteiger partial charge on any atom is 0.418 e. The molecular weight excluding hydrogens is 331 g/mol. The molecule has 0 amide bonds. The van der Waals surface area contributed by atoms with Crippen LogP contribution in [0.15, 0.2) is 22.7 Å². The highest BCUT2D eigenvalue weighted by Crippen LogP contribution is 2.48. The van der Waals surface area contributed by atoms with Gasteiger partial charge in [-0.1, -0.05) is 22.4 Å². The molecule has 0 heterocycles. The first-order chi connectivity index (χ1) is 9.43. The lowest BCUT2D eigenvalue weighted by Gasteiger charge is -2.23. The molecule has 1 aromatic rings. The van der Waals surface area contributed by atoms with E-state index in [0.29, 0.717) is 16.9 Å². The van der Waals surface area contributed by atoms with Crippen LogP contribution in [0.3, 0.4) is 0 Å². The number of alkyl halides is 3. The van der Waals surface area contributed by atoms with Gasteiger partial charge in [0.2, 0.25) is 0 Å². The summed E-state index contributed by atoms with van der Waals surface area (Å²) in [6.45, 7) is 0.659. The van der Waals surface area contributed by atoms with Gasteiger partial charge >= 0.3 is 6.18 Å². The average Bonchev–Trinajstić information content (AvgIpc) is 2.98. The third kappa shape index (κ3) is 2.83. The van der Waals surface area contributed by atoms with Gasteiger partial charge < -0.3 is 5.32 Å². The molecule has 3 rings (SSSR count). The van der Waals surface area contributed by atoms with Gasteiger partial charge in [0.25, 0.3) is 0 Å². The predicted molar refractivity (Wildman–Crippen MR) is 76.6 cm³/mol. The minimum Gasteiger partial charge on any atom is -0.384 e. The number of halogens is 4. The predicted octanol–water partition coefficient (Wildman–Crippen LogP) is 5.32. The fourth-order valence-corrected chi connectivity index (χ4v) is 4.13. The molecule has 0 radical (unpaired) electrons. The number of nitrogens with one attached hydrogen (secondary N) is 1. The summed E-state index contributed by atoms with van der Waals surface area (Å²) in [6, 6.07) is 4.31. The van der Waals surface area contributed by atoms with Crippen molar-refractivity contribution >= 4 is 21.6 Å². The molecule has 0 aliphatic heterocycles. The maximum absolute atomic E-state index is 13.0. The average molecular weight is 348 g/mol. The Labute approximate surface area is 125 Å². The SMILES string of the molecule is FC(F)(F)c1cc(Br)ccc1NCC1CC2CCC1C2. The second-order valence-electron chi connectivity index (χ2n) is 6.00. The Hall–Kier alpha value is -0.710. The molecule has 2 aliphatic rings. The van der Waals surface area contributed by atoms with Gasteiger partial charge in [0.15, 0.2) is 0 Å². The largest absolute Gasteiger partial charge is 0.418 e. The van der Waals surface area contributed by atoms with Crippen molar-refractivity contribution in [3.05, 3.63) is 28.2 Å². The number of rotatable bonds is 3. The van der Waals surface area contributed by atoms with E-state index < -0.39 is 11.7 Å². The highest BCUT2D eigenvalue weighted by atomic mass is 79.9. The summed E-state index contributed by atoms with van der Waals surface area (Å²) in [5.74, 6) is 2.08. The van der Waals surface area contributed by atoms with Gasteiger partial charge in [-0.05, 0) is 55.2 Å². The molecule has 3 atom stereocenters. The molecule has 1 nitrogen and oxygen atoms in total. The van der Waals surface area contributed by atoms with Crippen LogP contribution in [0.2, 0.25) is 0 Å². The number of hydrogen-bond donors (Lipinski definition) is 1. The standard InChI is InChI=1S/C15H17BrF3N/c16-12-3-4-14(13(7-12)15(17,18)19)20-8-11-6-9-1-2-10(11)5-9/h3-4,7,9-11,20H,1-2,5-6,8H2. The highest BCUT2D eigenvalue weighted by molar-refractivity contribution is 9.10. The molecule has 1 N–H and O–H groups in total. The molecule has 5 heteroatoms. The van der Waals surface area contributed by atoms with Gasteiger partial charge in [-0.2, -0.15) is 13.2 Å². The Morgan fingerprint density at radius 1 is 1.20 bits per heavy atom.